The molecule has 1 heteroatoms. The third-order valence-electron chi connectivity index (χ3n) is 3.96. The van der Waals surface area contributed by atoms with Gasteiger partial charge in [0.05, 0.1) is 0 Å². The predicted octanol–water partition coefficient (Wildman–Crippen LogP) is 3.35. The summed E-state index contributed by atoms with van der Waals surface area (Å²) in [5, 5.41) is 0. The van der Waals surface area contributed by atoms with E-state index in [-0.39, 0.29) is 0 Å². The molecular formula is C13H20O. The first-order valence-electron chi connectivity index (χ1n) is 6.02. The fraction of sp³-hybridized carbons (Fsp3) is 0.769. The second kappa shape index (κ2) is 4.29. The first kappa shape index (κ1) is 9.95. The fourth-order valence-electron chi connectivity index (χ4n) is 3.16. The summed E-state index contributed by atoms with van der Waals surface area (Å²) in [6, 6.07) is 0. The average Bonchev–Trinajstić information content (AvgIpc) is 2.39. The molecule has 0 bridgehead atoms. The molecule has 3 atom stereocenters. The third kappa shape index (κ3) is 1.77. The molecule has 1 nitrogen and oxygen atoms in total. The molecule has 1 saturated carbocycles. The van der Waals surface area contributed by atoms with Gasteiger partial charge < -0.3 is 0 Å². The van der Waals surface area contributed by atoms with E-state index in [9.17, 15) is 4.79 Å². The third-order valence-corrected chi connectivity index (χ3v) is 3.96. The van der Waals surface area contributed by atoms with Gasteiger partial charge in [0.1, 0.15) is 5.78 Å². The second-order valence-electron chi connectivity index (χ2n) is 4.73. The van der Waals surface area contributed by atoms with Crippen LogP contribution in [0, 0.1) is 17.8 Å². The van der Waals surface area contributed by atoms with Gasteiger partial charge in [-0.15, -0.1) is 0 Å². The lowest BCUT2D eigenvalue weighted by Gasteiger charge is -2.33. The number of hydrogen-bond acceptors (Lipinski definition) is 1. The maximum Gasteiger partial charge on any atom is 0.140 e. The highest BCUT2D eigenvalue weighted by Gasteiger charge is 2.34. The number of carbonyl (C=O) groups excluding carboxylic acids is 1. The Morgan fingerprint density at radius 1 is 1.36 bits per heavy atom. The Morgan fingerprint density at radius 2 is 2.14 bits per heavy atom. The van der Waals surface area contributed by atoms with Crippen molar-refractivity contribution in [2.45, 2.75) is 45.4 Å². The van der Waals surface area contributed by atoms with E-state index in [1.165, 1.54) is 25.7 Å². The standard InChI is InChI=1S/C13H20O/c1-2-10-6-5-9-13(14)12-8-4-3-7-11(10)12/h5-6,10-12H,2-4,7-9H2,1H3/t10-,11-,12+/m1/s1. The molecule has 14 heavy (non-hydrogen) atoms. The Hall–Kier alpha value is -0.590. The molecule has 0 aromatic heterocycles. The van der Waals surface area contributed by atoms with Gasteiger partial charge in [-0.1, -0.05) is 31.9 Å². The zero-order valence-electron chi connectivity index (χ0n) is 9.04. The highest BCUT2D eigenvalue weighted by Crippen LogP contribution is 2.39. The van der Waals surface area contributed by atoms with E-state index in [1.54, 1.807) is 0 Å². The largest absolute Gasteiger partial charge is 0.299 e. The average molecular weight is 192 g/mol. The van der Waals surface area contributed by atoms with Gasteiger partial charge in [-0.25, -0.2) is 0 Å². The summed E-state index contributed by atoms with van der Waals surface area (Å²) in [5.74, 6) is 2.23. The Morgan fingerprint density at radius 3 is 2.93 bits per heavy atom. The van der Waals surface area contributed by atoms with E-state index in [4.69, 9.17) is 0 Å². The van der Waals surface area contributed by atoms with Crippen molar-refractivity contribution in [1.29, 1.82) is 0 Å². The van der Waals surface area contributed by atoms with E-state index in [0.29, 0.717) is 30.0 Å². The molecule has 2 rings (SSSR count). The van der Waals surface area contributed by atoms with E-state index in [1.807, 2.05) is 0 Å². The van der Waals surface area contributed by atoms with Crippen molar-refractivity contribution in [3.63, 3.8) is 0 Å². The summed E-state index contributed by atoms with van der Waals surface area (Å²) >= 11 is 0. The lowest BCUT2D eigenvalue weighted by atomic mass is 9.71. The number of Topliss-reactive ketones (excluding diaryl/α,β-unsaturated/α-hetero) is 1. The van der Waals surface area contributed by atoms with Crippen LogP contribution >= 0.6 is 0 Å². The minimum Gasteiger partial charge on any atom is -0.299 e. The van der Waals surface area contributed by atoms with Crippen molar-refractivity contribution in [3.05, 3.63) is 12.2 Å². The molecule has 0 spiro atoms. The van der Waals surface area contributed by atoms with Crippen LogP contribution in [0.25, 0.3) is 0 Å². The zero-order valence-corrected chi connectivity index (χ0v) is 9.04. The molecule has 2 aliphatic rings. The molecule has 1 fully saturated rings. The second-order valence-corrected chi connectivity index (χ2v) is 4.73. The van der Waals surface area contributed by atoms with Crippen LogP contribution < -0.4 is 0 Å². The summed E-state index contributed by atoms with van der Waals surface area (Å²) < 4.78 is 0. The lowest BCUT2D eigenvalue weighted by Crippen LogP contribution is -2.30. The van der Waals surface area contributed by atoms with Gasteiger partial charge in [0, 0.05) is 12.3 Å². The summed E-state index contributed by atoms with van der Waals surface area (Å²) in [6.45, 7) is 2.25. The lowest BCUT2D eigenvalue weighted by molar-refractivity contribution is -0.125. The molecule has 78 valence electrons. The van der Waals surface area contributed by atoms with Crippen molar-refractivity contribution >= 4 is 5.78 Å². The van der Waals surface area contributed by atoms with E-state index < -0.39 is 0 Å². The molecule has 0 aromatic carbocycles. The minimum atomic E-state index is 0.392. The van der Waals surface area contributed by atoms with Gasteiger partial charge in [-0.05, 0) is 31.1 Å². The molecule has 0 aromatic rings. The van der Waals surface area contributed by atoms with E-state index in [0.717, 1.165) is 6.42 Å². The first-order valence-corrected chi connectivity index (χ1v) is 6.02. The maximum atomic E-state index is 11.9. The maximum absolute atomic E-state index is 11.9. The zero-order chi connectivity index (χ0) is 9.97. The predicted molar refractivity (Wildman–Crippen MR) is 58.0 cm³/mol. The van der Waals surface area contributed by atoms with Crippen LogP contribution in [0.1, 0.15) is 45.4 Å². The molecular weight excluding hydrogens is 172 g/mol. The Kier molecular flexibility index (Phi) is 3.05. The SMILES string of the molecule is CC[C@@H]1C=CCC(=O)[C@H]2CCCC[C@@H]21. The number of allylic oxidation sites excluding steroid dienone is 2. The van der Waals surface area contributed by atoms with Crippen LogP contribution in [0.5, 0.6) is 0 Å². The van der Waals surface area contributed by atoms with Gasteiger partial charge in [0.2, 0.25) is 0 Å². The summed E-state index contributed by atoms with van der Waals surface area (Å²) in [4.78, 5) is 11.9. The number of rotatable bonds is 1. The Labute approximate surface area is 86.6 Å². The Bertz CT molecular complexity index is 242. The van der Waals surface area contributed by atoms with Gasteiger partial charge in [0.25, 0.3) is 0 Å². The van der Waals surface area contributed by atoms with Gasteiger partial charge in [-0.2, -0.15) is 0 Å². The van der Waals surface area contributed by atoms with Gasteiger partial charge >= 0.3 is 0 Å². The Balaban J connectivity index is 2.18. The number of hydrogen-bond donors (Lipinski definition) is 0. The summed E-state index contributed by atoms with van der Waals surface area (Å²) in [7, 11) is 0. The quantitative estimate of drug-likeness (QED) is 0.582. The van der Waals surface area contributed by atoms with E-state index >= 15 is 0 Å². The van der Waals surface area contributed by atoms with Crippen LogP contribution in [0.4, 0.5) is 0 Å². The smallest absolute Gasteiger partial charge is 0.140 e. The highest BCUT2D eigenvalue weighted by molar-refractivity contribution is 5.83. The molecule has 2 aliphatic carbocycles. The molecule has 0 radical (unpaired) electrons. The summed E-state index contributed by atoms with van der Waals surface area (Å²) in [5.41, 5.74) is 0. The number of carbonyl (C=O) groups is 1. The van der Waals surface area contributed by atoms with Crippen molar-refractivity contribution in [2.24, 2.45) is 17.8 Å². The molecule has 0 saturated heterocycles. The number of ketones is 1. The molecule has 0 unspecified atom stereocenters. The van der Waals surface area contributed by atoms with Gasteiger partial charge in [0.15, 0.2) is 0 Å². The van der Waals surface area contributed by atoms with Crippen LogP contribution in [-0.4, -0.2) is 5.78 Å². The monoisotopic (exact) mass is 192 g/mol. The number of fused-ring (bicyclic) bond motifs is 1. The normalized spacial score (nSPS) is 37.8. The summed E-state index contributed by atoms with van der Waals surface area (Å²) in [6.07, 6.45) is 11.3. The van der Waals surface area contributed by atoms with Crippen LogP contribution in [-0.2, 0) is 4.79 Å². The minimum absolute atomic E-state index is 0.392. The fourth-order valence-corrected chi connectivity index (χ4v) is 3.16. The van der Waals surface area contributed by atoms with Crippen LogP contribution in [0.2, 0.25) is 0 Å². The molecule has 0 amide bonds. The van der Waals surface area contributed by atoms with Crippen LogP contribution in [0.3, 0.4) is 0 Å². The van der Waals surface area contributed by atoms with Crippen molar-refractivity contribution in [3.8, 4) is 0 Å². The van der Waals surface area contributed by atoms with Crippen molar-refractivity contribution in [2.75, 3.05) is 0 Å². The first-order chi connectivity index (χ1) is 6.83. The van der Waals surface area contributed by atoms with Crippen LogP contribution in [0.15, 0.2) is 12.2 Å². The van der Waals surface area contributed by atoms with Gasteiger partial charge in [-0.3, -0.25) is 4.79 Å². The molecule has 0 aliphatic heterocycles. The van der Waals surface area contributed by atoms with Crippen molar-refractivity contribution in [1.82, 2.24) is 0 Å². The van der Waals surface area contributed by atoms with Crippen molar-refractivity contribution < 1.29 is 4.79 Å². The molecule has 0 heterocycles. The topological polar surface area (TPSA) is 17.1 Å². The van der Waals surface area contributed by atoms with E-state index in [2.05, 4.69) is 19.1 Å². The molecule has 0 N–H and O–H groups in total. The highest BCUT2D eigenvalue weighted by atomic mass is 16.1.